The molecule has 1 saturated heterocycles. The lowest BCUT2D eigenvalue weighted by atomic mass is 9.96. The van der Waals surface area contributed by atoms with Crippen LogP contribution in [0.2, 0.25) is 0 Å². The Balaban J connectivity index is 2.24. The Morgan fingerprint density at radius 1 is 1.32 bits per heavy atom. The van der Waals surface area contributed by atoms with Gasteiger partial charge in [0.1, 0.15) is 5.82 Å². The molecule has 96 valence electrons. The van der Waals surface area contributed by atoms with E-state index >= 15 is 0 Å². The first kappa shape index (κ1) is 13.3. The molecule has 1 heterocycles. The highest BCUT2D eigenvalue weighted by Crippen LogP contribution is 2.24. The Kier molecular flexibility index (Phi) is 3.69. The van der Waals surface area contributed by atoms with Gasteiger partial charge in [0.25, 0.3) is 0 Å². The fourth-order valence-corrected chi connectivity index (χ4v) is 2.12. The molecule has 0 bridgehead atoms. The molecular weight excluding hydrogens is 239 g/mol. The summed E-state index contributed by atoms with van der Waals surface area (Å²) in [6.07, 6.45) is 2.87. The predicted octanol–water partition coefficient (Wildman–Crippen LogP) is 2.75. The molecule has 0 radical (unpaired) electrons. The number of halogens is 1. The van der Waals surface area contributed by atoms with Gasteiger partial charge in [-0.05, 0) is 56.7 Å². The van der Waals surface area contributed by atoms with Crippen LogP contribution in [0.5, 0.6) is 0 Å². The van der Waals surface area contributed by atoms with Gasteiger partial charge in [-0.3, -0.25) is 0 Å². The molecule has 0 atom stereocenters. The highest BCUT2D eigenvalue weighted by molar-refractivity contribution is 5.44. The molecule has 1 fully saturated rings. The molecule has 0 aromatic heterocycles. The number of benzene rings is 1. The molecular formula is C16H15FN2. The zero-order valence-electron chi connectivity index (χ0n) is 11.0. The molecule has 0 unspecified atom stereocenters. The van der Waals surface area contributed by atoms with Crippen LogP contribution >= 0.6 is 0 Å². The van der Waals surface area contributed by atoms with E-state index in [9.17, 15) is 4.39 Å². The minimum Gasteiger partial charge on any atom is -0.308 e. The van der Waals surface area contributed by atoms with E-state index in [4.69, 9.17) is 5.26 Å². The molecule has 1 aromatic rings. The van der Waals surface area contributed by atoms with E-state index in [-0.39, 0.29) is 5.54 Å². The standard InChI is InChI=1S/C16H15FN2/c1-16(2)14(6-7-19-16)5-3-4-12-8-13(11-18)10-15(17)9-12/h5,8-10,19H,6-7H2,1-2H3/b14-5+. The van der Waals surface area contributed by atoms with Crippen LogP contribution in [0.15, 0.2) is 29.8 Å². The van der Waals surface area contributed by atoms with Crippen LogP contribution in [0.1, 0.15) is 31.4 Å². The molecule has 1 aromatic carbocycles. The first-order chi connectivity index (χ1) is 9.01. The SMILES string of the molecule is CC1(C)NCC/C1=C\C#Cc1cc(F)cc(C#N)c1. The van der Waals surface area contributed by atoms with Gasteiger partial charge in [0.05, 0.1) is 11.6 Å². The first-order valence-electron chi connectivity index (χ1n) is 6.18. The summed E-state index contributed by atoms with van der Waals surface area (Å²) < 4.78 is 13.2. The zero-order valence-corrected chi connectivity index (χ0v) is 11.0. The van der Waals surface area contributed by atoms with E-state index in [1.165, 1.54) is 17.7 Å². The van der Waals surface area contributed by atoms with Crippen molar-refractivity contribution < 1.29 is 4.39 Å². The summed E-state index contributed by atoms with van der Waals surface area (Å²) in [5.74, 6) is 5.40. The van der Waals surface area contributed by atoms with Gasteiger partial charge in [-0.25, -0.2) is 4.39 Å². The summed E-state index contributed by atoms with van der Waals surface area (Å²) in [5, 5.41) is 12.2. The predicted molar refractivity (Wildman–Crippen MR) is 72.8 cm³/mol. The van der Waals surface area contributed by atoms with Crippen LogP contribution in [0.3, 0.4) is 0 Å². The average Bonchev–Trinajstić information content (AvgIpc) is 2.68. The Morgan fingerprint density at radius 3 is 2.68 bits per heavy atom. The normalized spacial score (nSPS) is 18.7. The van der Waals surface area contributed by atoms with Gasteiger partial charge in [0, 0.05) is 11.1 Å². The van der Waals surface area contributed by atoms with Gasteiger partial charge in [0.2, 0.25) is 0 Å². The van der Waals surface area contributed by atoms with Crippen molar-refractivity contribution in [2.75, 3.05) is 6.54 Å². The van der Waals surface area contributed by atoms with Crippen LogP contribution < -0.4 is 5.32 Å². The molecule has 1 N–H and O–H groups in total. The average molecular weight is 254 g/mol. The number of rotatable bonds is 0. The van der Waals surface area contributed by atoms with Crippen molar-refractivity contribution in [3.05, 3.63) is 46.8 Å². The molecule has 2 rings (SSSR count). The zero-order chi connectivity index (χ0) is 13.9. The maximum absolute atomic E-state index is 13.2. The third kappa shape index (κ3) is 3.22. The van der Waals surface area contributed by atoms with Gasteiger partial charge in [0.15, 0.2) is 0 Å². The lowest BCUT2D eigenvalue weighted by molar-refractivity contribution is 0.528. The Morgan fingerprint density at radius 2 is 2.05 bits per heavy atom. The van der Waals surface area contributed by atoms with E-state index in [0.29, 0.717) is 11.1 Å². The number of hydrogen-bond donors (Lipinski definition) is 1. The van der Waals surface area contributed by atoms with Crippen LogP contribution in [0.25, 0.3) is 0 Å². The van der Waals surface area contributed by atoms with Crippen molar-refractivity contribution in [1.82, 2.24) is 5.32 Å². The molecule has 1 aliphatic heterocycles. The number of hydrogen-bond acceptors (Lipinski definition) is 2. The van der Waals surface area contributed by atoms with E-state index < -0.39 is 5.82 Å². The number of nitriles is 1. The minimum atomic E-state index is -0.432. The maximum Gasteiger partial charge on any atom is 0.125 e. The molecule has 0 aliphatic carbocycles. The largest absolute Gasteiger partial charge is 0.308 e. The summed E-state index contributed by atoms with van der Waals surface area (Å²) >= 11 is 0. The molecule has 0 saturated carbocycles. The topological polar surface area (TPSA) is 35.8 Å². The van der Waals surface area contributed by atoms with Gasteiger partial charge < -0.3 is 5.32 Å². The molecule has 2 nitrogen and oxygen atoms in total. The van der Waals surface area contributed by atoms with Crippen molar-refractivity contribution in [3.8, 4) is 17.9 Å². The molecule has 3 heteroatoms. The Hall–Kier alpha value is -2.10. The van der Waals surface area contributed by atoms with E-state index in [2.05, 4.69) is 31.0 Å². The fourth-order valence-electron chi connectivity index (χ4n) is 2.12. The van der Waals surface area contributed by atoms with E-state index in [1.807, 2.05) is 12.1 Å². The van der Waals surface area contributed by atoms with E-state index in [0.717, 1.165) is 13.0 Å². The van der Waals surface area contributed by atoms with Crippen molar-refractivity contribution >= 4 is 0 Å². The molecule has 0 spiro atoms. The molecule has 1 aliphatic rings. The first-order valence-corrected chi connectivity index (χ1v) is 6.18. The smallest absolute Gasteiger partial charge is 0.125 e. The second-order valence-corrected chi connectivity index (χ2v) is 5.08. The maximum atomic E-state index is 13.2. The monoisotopic (exact) mass is 254 g/mol. The number of nitrogens with one attached hydrogen (secondary N) is 1. The minimum absolute atomic E-state index is 0.0194. The Bertz CT molecular complexity index is 624. The summed E-state index contributed by atoms with van der Waals surface area (Å²) in [6.45, 7) is 5.19. The summed E-state index contributed by atoms with van der Waals surface area (Å²) in [4.78, 5) is 0. The highest BCUT2D eigenvalue weighted by atomic mass is 19.1. The van der Waals surface area contributed by atoms with Crippen molar-refractivity contribution in [2.45, 2.75) is 25.8 Å². The second kappa shape index (κ2) is 5.26. The second-order valence-electron chi connectivity index (χ2n) is 5.08. The quantitative estimate of drug-likeness (QED) is 0.723. The van der Waals surface area contributed by atoms with Crippen molar-refractivity contribution in [3.63, 3.8) is 0 Å². The van der Waals surface area contributed by atoms with Gasteiger partial charge in [-0.2, -0.15) is 5.26 Å². The summed E-state index contributed by atoms with van der Waals surface area (Å²) in [5.41, 5.74) is 2.04. The van der Waals surface area contributed by atoms with Crippen LogP contribution in [-0.2, 0) is 0 Å². The van der Waals surface area contributed by atoms with Crippen LogP contribution in [-0.4, -0.2) is 12.1 Å². The number of nitrogens with zero attached hydrogens (tertiary/aromatic N) is 1. The Labute approximate surface area is 112 Å². The van der Waals surface area contributed by atoms with Crippen molar-refractivity contribution in [2.24, 2.45) is 0 Å². The number of allylic oxidation sites excluding steroid dienone is 1. The van der Waals surface area contributed by atoms with Crippen LogP contribution in [0, 0.1) is 29.0 Å². The lowest BCUT2D eigenvalue weighted by Gasteiger charge is -2.19. The molecule has 0 amide bonds. The molecule has 19 heavy (non-hydrogen) atoms. The third-order valence-electron chi connectivity index (χ3n) is 3.25. The van der Waals surface area contributed by atoms with Gasteiger partial charge in [-0.15, -0.1) is 0 Å². The third-order valence-corrected chi connectivity index (χ3v) is 3.25. The van der Waals surface area contributed by atoms with Gasteiger partial charge in [-0.1, -0.05) is 11.8 Å². The van der Waals surface area contributed by atoms with Crippen LogP contribution in [0.4, 0.5) is 4.39 Å². The lowest BCUT2D eigenvalue weighted by Crippen LogP contribution is -2.33. The summed E-state index contributed by atoms with van der Waals surface area (Å²) in [7, 11) is 0. The van der Waals surface area contributed by atoms with E-state index in [1.54, 1.807) is 6.07 Å². The highest BCUT2D eigenvalue weighted by Gasteiger charge is 2.27. The van der Waals surface area contributed by atoms with Crippen molar-refractivity contribution in [1.29, 1.82) is 5.26 Å². The summed E-state index contributed by atoms with van der Waals surface area (Å²) in [6, 6.07) is 6.05. The fraction of sp³-hybridized carbons (Fsp3) is 0.312. The van der Waals surface area contributed by atoms with Gasteiger partial charge >= 0.3 is 0 Å².